The third kappa shape index (κ3) is 4.18. The molecular formula is C23H22N2O7. The number of phenolic OH excluding ortho intramolecular Hbond substituents is 1. The van der Waals surface area contributed by atoms with Gasteiger partial charge in [-0.05, 0) is 36.8 Å². The zero-order valence-electron chi connectivity index (χ0n) is 18.0. The van der Waals surface area contributed by atoms with Gasteiger partial charge >= 0.3 is 0 Å². The number of phenols is 1. The lowest BCUT2D eigenvalue weighted by Crippen LogP contribution is -2.26. The molecule has 0 saturated heterocycles. The second kappa shape index (κ2) is 9.34. The van der Waals surface area contributed by atoms with Gasteiger partial charge in [-0.15, -0.1) is 0 Å². The Hall–Kier alpha value is -4.14. The van der Waals surface area contributed by atoms with Gasteiger partial charge in [-0.2, -0.15) is 0 Å². The molecule has 3 rings (SSSR count). The van der Waals surface area contributed by atoms with Crippen molar-refractivity contribution in [2.45, 2.75) is 13.3 Å². The summed E-state index contributed by atoms with van der Waals surface area (Å²) >= 11 is 0. The van der Waals surface area contributed by atoms with Gasteiger partial charge in [0.05, 0.1) is 26.9 Å². The van der Waals surface area contributed by atoms with Crippen LogP contribution in [0.25, 0.3) is 0 Å². The molecule has 0 spiro atoms. The fraction of sp³-hybridized carbons (Fsp3) is 0.217. The number of methoxy groups -OCH3 is 3. The van der Waals surface area contributed by atoms with Crippen molar-refractivity contribution >= 4 is 23.2 Å². The number of nitrogens with zero attached hydrogens (tertiary/aromatic N) is 1. The van der Waals surface area contributed by atoms with E-state index in [-0.39, 0.29) is 46.3 Å². The van der Waals surface area contributed by atoms with Gasteiger partial charge in [0, 0.05) is 23.8 Å². The second-order valence-corrected chi connectivity index (χ2v) is 6.87. The SMILES string of the molecule is COC1=C(OC)C(=O)C(Cc2ccc(O)c(C(=O)Nc3cccnc3OC)c2)=C(C)C1=O. The summed E-state index contributed by atoms with van der Waals surface area (Å²) in [6.07, 6.45) is 1.57. The number of Topliss-reactive ketones (excluding diaryl/α,β-unsaturated/α-hetero) is 2. The first-order chi connectivity index (χ1) is 15.3. The van der Waals surface area contributed by atoms with E-state index >= 15 is 0 Å². The van der Waals surface area contributed by atoms with Crippen molar-refractivity contribution in [2.24, 2.45) is 0 Å². The minimum absolute atomic E-state index is 0.0127. The van der Waals surface area contributed by atoms with Crippen LogP contribution in [0.4, 0.5) is 5.69 Å². The van der Waals surface area contributed by atoms with Crippen LogP contribution in [-0.4, -0.2) is 48.9 Å². The molecule has 32 heavy (non-hydrogen) atoms. The quantitative estimate of drug-likeness (QED) is 0.632. The number of rotatable bonds is 7. The number of aromatic nitrogens is 1. The Morgan fingerprint density at radius 1 is 1.03 bits per heavy atom. The van der Waals surface area contributed by atoms with Crippen LogP contribution in [0.2, 0.25) is 0 Å². The topological polar surface area (TPSA) is 124 Å². The highest BCUT2D eigenvalue weighted by Gasteiger charge is 2.34. The van der Waals surface area contributed by atoms with Gasteiger partial charge in [0.2, 0.25) is 29.0 Å². The minimum atomic E-state index is -0.591. The van der Waals surface area contributed by atoms with Crippen molar-refractivity contribution in [2.75, 3.05) is 26.6 Å². The normalized spacial score (nSPS) is 13.9. The summed E-state index contributed by atoms with van der Waals surface area (Å²) in [5.74, 6) is -1.85. The van der Waals surface area contributed by atoms with Crippen LogP contribution < -0.4 is 10.1 Å². The Morgan fingerprint density at radius 2 is 1.72 bits per heavy atom. The molecule has 9 heteroatoms. The van der Waals surface area contributed by atoms with E-state index in [1.807, 2.05) is 0 Å². The van der Waals surface area contributed by atoms with Crippen molar-refractivity contribution in [1.82, 2.24) is 4.98 Å². The monoisotopic (exact) mass is 438 g/mol. The first kappa shape index (κ1) is 22.5. The standard InChI is InChI=1S/C23H22N2O7/c1-12-14(19(28)21(31-3)20(30-2)18(12)27)10-13-7-8-17(26)15(11-13)22(29)25-16-6-5-9-24-23(16)32-4/h5-9,11,26H,10H2,1-4H3,(H,25,29). The van der Waals surface area contributed by atoms with Crippen LogP contribution in [0.3, 0.4) is 0 Å². The lowest BCUT2D eigenvalue weighted by Gasteiger charge is -2.20. The third-order valence-electron chi connectivity index (χ3n) is 4.99. The number of aromatic hydroxyl groups is 1. The number of carbonyl (C=O) groups is 3. The number of allylic oxidation sites excluding steroid dienone is 2. The highest BCUT2D eigenvalue weighted by atomic mass is 16.5. The second-order valence-electron chi connectivity index (χ2n) is 6.87. The third-order valence-corrected chi connectivity index (χ3v) is 4.99. The van der Waals surface area contributed by atoms with Crippen molar-refractivity contribution in [3.63, 3.8) is 0 Å². The number of pyridine rings is 1. The van der Waals surface area contributed by atoms with Crippen LogP contribution in [0.1, 0.15) is 22.8 Å². The summed E-state index contributed by atoms with van der Waals surface area (Å²) in [6, 6.07) is 7.61. The molecule has 2 aromatic rings. The Bertz CT molecular complexity index is 1160. The maximum Gasteiger partial charge on any atom is 0.259 e. The first-order valence-electron chi connectivity index (χ1n) is 9.56. The lowest BCUT2D eigenvalue weighted by molar-refractivity contribution is -0.121. The van der Waals surface area contributed by atoms with Gasteiger partial charge < -0.3 is 24.6 Å². The fourth-order valence-corrected chi connectivity index (χ4v) is 3.32. The number of benzene rings is 1. The van der Waals surface area contributed by atoms with E-state index < -0.39 is 17.5 Å². The summed E-state index contributed by atoms with van der Waals surface area (Å²) < 4.78 is 15.2. The van der Waals surface area contributed by atoms with Crippen LogP contribution in [-0.2, 0) is 25.5 Å². The molecule has 166 valence electrons. The molecule has 1 aromatic carbocycles. The zero-order chi connectivity index (χ0) is 23.4. The number of hydrogen-bond acceptors (Lipinski definition) is 8. The maximum atomic E-state index is 12.9. The van der Waals surface area contributed by atoms with Crippen molar-refractivity contribution in [1.29, 1.82) is 0 Å². The Kier molecular flexibility index (Phi) is 6.58. The molecule has 0 unspecified atom stereocenters. The summed E-state index contributed by atoms with van der Waals surface area (Å²) in [5, 5.41) is 12.9. The van der Waals surface area contributed by atoms with E-state index in [9.17, 15) is 19.5 Å². The fourth-order valence-electron chi connectivity index (χ4n) is 3.32. The number of nitrogens with one attached hydrogen (secondary N) is 1. The first-order valence-corrected chi connectivity index (χ1v) is 9.56. The smallest absolute Gasteiger partial charge is 0.259 e. The van der Waals surface area contributed by atoms with E-state index in [1.165, 1.54) is 46.6 Å². The number of anilines is 1. The zero-order valence-corrected chi connectivity index (χ0v) is 18.0. The number of ether oxygens (including phenoxy) is 3. The summed E-state index contributed by atoms with van der Waals surface area (Å²) in [7, 11) is 4.00. The highest BCUT2D eigenvalue weighted by molar-refractivity contribution is 6.23. The van der Waals surface area contributed by atoms with Crippen LogP contribution in [0.5, 0.6) is 11.6 Å². The molecule has 2 N–H and O–H groups in total. The lowest BCUT2D eigenvalue weighted by atomic mass is 9.88. The molecule has 0 fully saturated rings. The number of ketones is 2. The van der Waals surface area contributed by atoms with Gasteiger partial charge in [0.15, 0.2) is 0 Å². The maximum absolute atomic E-state index is 12.9. The number of amides is 1. The molecule has 1 aliphatic carbocycles. The van der Waals surface area contributed by atoms with Crippen LogP contribution >= 0.6 is 0 Å². The van der Waals surface area contributed by atoms with Gasteiger partial charge in [-0.3, -0.25) is 14.4 Å². The Morgan fingerprint density at radius 3 is 2.38 bits per heavy atom. The van der Waals surface area contributed by atoms with Gasteiger partial charge in [-0.1, -0.05) is 6.07 Å². The molecule has 1 amide bonds. The van der Waals surface area contributed by atoms with Crippen molar-refractivity contribution < 1.29 is 33.7 Å². The minimum Gasteiger partial charge on any atom is -0.507 e. The van der Waals surface area contributed by atoms with E-state index in [1.54, 1.807) is 18.2 Å². The van der Waals surface area contributed by atoms with Crippen molar-refractivity contribution in [3.05, 3.63) is 70.3 Å². The Balaban J connectivity index is 1.91. The Labute approximate surface area is 184 Å². The molecule has 0 radical (unpaired) electrons. The van der Waals surface area contributed by atoms with Crippen LogP contribution in [0, 0.1) is 0 Å². The van der Waals surface area contributed by atoms with Gasteiger partial charge in [-0.25, -0.2) is 4.98 Å². The molecular weight excluding hydrogens is 416 g/mol. The number of carbonyl (C=O) groups excluding carboxylic acids is 3. The van der Waals surface area contributed by atoms with E-state index in [2.05, 4.69) is 10.3 Å². The molecule has 9 nitrogen and oxygen atoms in total. The molecule has 0 saturated carbocycles. The number of hydrogen-bond donors (Lipinski definition) is 2. The van der Waals surface area contributed by atoms with Gasteiger partial charge in [0.25, 0.3) is 5.91 Å². The predicted molar refractivity (Wildman–Crippen MR) is 114 cm³/mol. The van der Waals surface area contributed by atoms with E-state index in [0.29, 0.717) is 11.3 Å². The van der Waals surface area contributed by atoms with E-state index in [0.717, 1.165) is 0 Å². The van der Waals surface area contributed by atoms with E-state index in [4.69, 9.17) is 14.2 Å². The average molecular weight is 438 g/mol. The molecule has 1 aromatic heterocycles. The highest BCUT2D eigenvalue weighted by Crippen LogP contribution is 2.30. The molecule has 1 heterocycles. The largest absolute Gasteiger partial charge is 0.507 e. The summed E-state index contributed by atoms with van der Waals surface area (Å²) in [4.78, 5) is 42.2. The predicted octanol–water partition coefficient (Wildman–Crippen LogP) is 2.56. The van der Waals surface area contributed by atoms with Crippen LogP contribution in [0.15, 0.2) is 59.2 Å². The van der Waals surface area contributed by atoms with Crippen molar-refractivity contribution in [3.8, 4) is 11.6 Å². The van der Waals surface area contributed by atoms with Gasteiger partial charge in [0.1, 0.15) is 11.4 Å². The molecule has 1 aliphatic rings. The molecule has 0 atom stereocenters. The molecule has 0 bridgehead atoms. The summed E-state index contributed by atoms with van der Waals surface area (Å²) in [6.45, 7) is 1.53. The summed E-state index contributed by atoms with van der Waals surface area (Å²) in [5.41, 5.74) is 1.31. The average Bonchev–Trinajstić information content (AvgIpc) is 2.80. The molecule has 0 aliphatic heterocycles.